The lowest BCUT2D eigenvalue weighted by Gasteiger charge is -2.46. The molecule has 1 aliphatic heterocycles. The fourth-order valence-corrected chi connectivity index (χ4v) is 3.21. The molecule has 0 aliphatic carbocycles. The zero-order valence-corrected chi connectivity index (χ0v) is 14.1. The van der Waals surface area contributed by atoms with E-state index >= 15 is 0 Å². The highest BCUT2D eigenvalue weighted by atomic mass is 19.1. The smallest absolute Gasteiger partial charge is 0.407 e. The van der Waals surface area contributed by atoms with Gasteiger partial charge < -0.3 is 14.7 Å². The van der Waals surface area contributed by atoms with Crippen LogP contribution >= 0.6 is 0 Å². The first-order chi connectivity index (χ1) is 11.3. The highest BCUT2D eigenvalue weighted by Gasteiger charge is 2.36. The number of carboxylic acid groups (broad SMARTS) is 1. The van der Waals surface area contributed by atoms with Gasteiger partial charge in [-0.05, 0) is 31.5 Å². The topological polar surface area (TPSA) is 70.1 Å². The van der Waals surface area contributed by atoms with Crippen molar-refractivity contribution in [3.8, 4) is 0 Å². The molecule has 0 bridgehead atoms. The van der Waals surface area contributed by atoms with E-state index in [0.717, 1.165) is 5.56 Å². The van der Waals surface area contributed by atoms with E-state index in [1.54, 1.807) is 12.1 Å². The highest BCUT2D eigenvalue weighted by Crippen LogP contribution is 2.30. The summed E-state index contributed by atoms with van der Waals surface area (Å²) < 4.78 is 18.0. The number of carbonyl (C=O) groups is 2. The zero-order valence-electron chi connectivity index (χ0n) is 14.1. The van der Waals surface area contributed by atoms with Gasteiger partial charge in [-0.1, -0.05) is 12.1 Å². The molecule has 1 N–H and O–H groups in total. The van der Waals surface area contributed by atoms with Gasteiger partial charge in [0.2, 0.25) is 0 Å². The van der Waals surface area contributed by atoms with E-state index in [9.17, 15) is 19.1 Å². The molecule has 1 aromatic carbocycles. The summed E-state index contributed by atoms with van der Waals surface area (Å²) in [6, 6.07) is 5.48. The zero-order chi connectivity index (χ0) is 17.9. The third kappa shape index (κ3) is 4.03. The van der Waals surface area contributed by atoms with E-state index in [-0.39, 0.29) is 36.3 Å². The molecule has 0 radical (unpaired) electrons. The van der Waals surface area contributed by atoms with Gasteiger partial charge in [-0.15, -0.1) is 0 Å². The molecule has 1 fully saturated rings. The number of ether oxygens (including phenoxy) is 1. The molecule has 1 aromatic rings. The molecule has 1 heterocycles. The van der Waals surface area contributed by atoms with E-state index in [4.69, 9.17) is 4.74 Å². The maximum Gasteiger partial charge on any atom is 0.407 e. The van der Waals surface area contributed by atoms with Gasteiger partial charge in [0.05, 0.1) is 13.5 Å². The molecule has 2 rings (SSSR count). The lowest BCUT2D eigenvalue weighted by Crippen LogP contribution is -2.58. The van der Waals surface area contributed by atoms with Crippen LogP contribution in [0.3, 0.4) is 0 Å². The number of nitrogens with zero attached hydrogens (tertiary/aromatic N) is 2. The predicted molar refractivity (Wildman–Crippen MR) is 86.1 cm³/mol. The number of amides is 1. The number of methoxy groups -OCH3 is 1. The van der Waals surface area contributed by atoms with Crippen LogP contribution in [0.1, 0.15) is 31.9 Å². The Bertz CT molecular complexity index is 593. The quantitative estimate of drug-likeness (QED) is 0.854. The van der Waals surface area contributed by atoms with Gasteiger partial charge in [0.15, 0.2) is 0 Å². The Hall–Kier alpha value is -2.15. The second kappa shape index (κ2) is 7.61. The lowest BCUT2D eigenvalue weighted by molar-refractivity contribution is -0.142. The SMILES string of the molecule is COC(=O)CC(c1ccc(F)cc1)N1C[C@H](C)N(C(=O)O)C[C@H]1C. The minimum Gasteiger partial charge on any atom is -0.469 e. The Morgan fingerprint density at radius 1 is 1.25 bits per heavy atom. The molecule has 1 saturated heterocycles. The maximum atomic E-state index is 13.2. The molecular formula is C17H23FN2O4. The Labute approximate surface area is 140 Å². The molecule has 6 nitrogen and oxygen atoms in total. The summed E-state index contributed by atoms with van der Waals surface area (Å²) in [6.07, 6.45) is -0.813. The van der Waals surface area contributed by atoms with E-state index in [0.29, 0.717) is 13.1 Å². The van der Waals surface area contributed by atoms with Crippen molar-refractivity contribution in [3.05, 3.63) is 35.6 Å². The predicted octanol–water partition coefficient (Wildman–Crippen LogP) is 2.50. The molecule has 132 valence electrons. The van der Waals surface area contributed by atoms with Gasteiger partial charge in [-0.3, -0.25) is 9.69 Å². The monoisotopic (exact) mass is 338 g/mol. The van der Waals surface area contributed by atoms with Crippen molar-refractivity contribution in [3.63, 3.8) is 0 Å². The van der Waals surface area contributed by atoms with Crippen molar-refractivity contribution in [2.24, 2.45) is 0 Å². The minimum absolute atomic E-state index is 0.0722. The Morgan fingerprint density at radius 2 is 1.88 bits per heavy atom. The molecule has 24 heavy (non-hydrogen) atoms. The first-order valence-electron chi connectivity index (χ1n) is 7.91. The van der Waals surface area contributed by atoms with Crippen LogP contribution in [0, 0.1) is 5.82 Å². The third-order valence-corrected chi connectivity index (χ3v) is 4.52. The minimum atomic E-state index is -0.944. The number of rotatable bonds is 4. The van der Waals surface area contributed by atoms with E-state index in [2.05, 4.69) is 4.90 Å². The van der Waals surface area contributed by atoms with Crippen molar-refractivity contribution < 1.29 is 23.8 Å². The van der Waals surface area contributed by atoms with Gasteiger partial charge in [0, 0.05) is 31.2 Å². The molecule has 1 unspecified atom stereocenters. The van der Waals surface area contributed by atoms with Crippen LogP contribution in [0.5, 0.6) is 0 Å². The highest BCUT2D eigenvalue weighted by molar-refractivity contribution is 5.70. The van der Waals surface area contributed by atoms with Crippen molar-refractivity contribution >= 4 is 12.1 Å². The third-order valence-electron chi connectivity index (χ3n) is 4.52. The first-order valence-corrected chi connectivity index (χ1v) is 7.91. The van der Waals surface area contributed by atoms with Crippen LogP contribution in [0.4, 0.5) is 9.18 Å². The molecule has 3 atom stereocenters. The van der Waals surface area contributed by atoms with Crippen LogP contribution in [0.25, 0.3) is 0 Å². The average molecular weight is 338 g/mol. The summed E-state index contributed by atoms with van der Waals surface area (Å²) >= 11 is 0. The lowest BCUT2D eigenvalue weighted by atomic mass is 9.97. The summed E-state index contributed by atoms with van der Waals surface area (Å²) in [4.78, 5) is 26.6. The first kappa shape index (κ1) is 18.2. The van der Waals surface area contributed by atoms with Crippen LogP contribution in [0.15, 0.2) is 24.3 Å². The van der Waals surface area contributed by atoms with Gasteiger partial charge in [0.1, 0.15) is 5.82 Å². The Kier molecular flexibility index (Phi) is 5.77. The van der Waals surface area contributed by atoms with Crippen molar-refractivity contribution in [2.45, 2.75) is 38.4 Å². The summed E-state index contributed by atoms with van der Waals surface area (Å²) in [7, 11) is 1.33. The number of hydrogen-bond acceptors (Lipinski definition) is 4. The van der Waals surface area contributed by atoms with Gasteiger partial charge in [-0.25, -0.2) is 9.18 Å². The second-order valence-corrected chi connectivity index (χ2v) is 6.18. The fourth-order valence-electron chi connectivity index (χ4n) is 3.21. The molecule has 1 amide bonds. The largest absolute Gasteiger partial charge is 0.469 e. The molecule has 0 aromatic heterocycles. The Balaban J connectivity index is 2.27. The fraction of sp³-hybridized carbons (Fsp3) is 0.529. The van der Waals surface area contributed by atoms with E-state index in [1.807, 2.05) is 13.8 Å². The number of halogens is 1. The summed E-state index contributed by atoms with van der Waals surface area (Å²) in [5.41, 5.74) is 0.810. The number of benzene rings is 1. The van der Waals surface area contributed by atoms with Crippen molar-refractivity contribution in [1.82, 2.24) is 9.80 Å². The second-order valence-electron chi connectivity index (χ2n) is 6.18. The van der Waals surface area contributed by atoms with Crippen LogP contribution in [0.2, 0.25) is 0 Å². The molecule has 0 saturated carbocycles. The molecule has 1 aliphatic rings. The molecule has 7 heteroatoms. The van der Waals surface area contributed by atoms with Crippen molar-refractivity contribution in [1.29, 1.82) is 0 Å². The molecular weight excluding hydrogens is 315 g/mol. The van der Waals surface area contributed by atoms with Crippen LogP contribution in [-0.4, -0.2) is 59.3 Å². The Morgan fingerprint density at radius 3 is 2.42 bits per heavy atom. The summed E-state index contributed by atoms with van der Waals surface area (Å²) in [6.45, 7) is 4.62. The number of esters is 1. The molecule has 0 spiro atoms. The number of carbonyl (C=O) groups excluding carboxylic acids is 1. The standard InChI is InChI=1S/C17H23FN2O4/c1-11-10-20(17(22)23)12(2)9-19(11)15(8-16(21)24-3)13-4-6-14(18)7-5-13/h4-7,11-12,15H,8-10H2,1-3H3,(H,22,23)/t11-,12+,15?/m1/s1. The van der Waals surface area contributed by atoms with E-state index < -0.39 is 6.09 Å². The number of hydrogen-bond donors (Lipinski definition) is 1. The summed E-state index contributed by atoms with van der Waals surface area (Å²) in [5, 5.41) is 9.27. The summed E-state index contributed by atoms with van der Waals surface area (Å²) in [5.74, 6) is -0.697. The number of piperazine rings is 1. The van der Waals surface area contributed by atoms with Gasteiger partial charge >= 0.3 is 12.1 Å². The van der Waals surface area contributed by atoms with Crippen LogP contribution < -0.4 is 0 Å². The normalized spacial score (nSPS) is 22.9. The van der Waals surface area contributed by atoms with Crippen molar-refractivity contribution in [2.75, 3.05) is 20.2 Å². The van der Waals surface area contributed by atoms with Gasteiger partial charge in [0.25, 0.3) is 0 Å². The van der Waals surface area contributed by atoms with Crippen LogP contribution in [-0.2, 0) is 9.53 Å². The van der Waals surface area contributed by atoms with E-state index in [1.165, 1.54) is 24.1 Å². The van der Waals surface area contributed by atoms with Gasteiger partial charge in [-0.2, -0.15) is 0 Å². The maximum absolute atomic E-state index is 13.2. The average Bonchev–Trinajstić information content (AvgIpc) is 2.55.